The molecule has 3 aromatic rings. The lowest BCUT2D eigenvalue weighted by atomic mass is 10.1. The molecule has 2 aromatic carbocycles. The summed E-state index contributed by atoms with van der Waals surface area (Å²) in [7, 11) is 6.08. The lowest BCUT2D eigenvalue weighted by Crippen LogP contribution is -2.01. The summed E-state index contributed by atoms with van der Waals surface area (Å²) >= 11 is 0. The van der Waals surface area contributed by atoms with E-state index in [1.54, 1.807) is 61.5 Å². The molecule has 146 valence electrons. The van der Waals surface area contributed by atoms with Crippen molar-refractivity contribution in [2.45, 2.75) is 0 Å². The molecule has 0 saturated heterocycles. The molecule has 7 heteroatoms. The summed E-state index contributed by atoms with van der Waals surface area (Å²) in [6.45, 7) is 0. The third kappa shape index (κ3) is 3.46. The van der Waals surface area contributed by atoms with Crippen LogP contribution in [-0.2, 0) is 0 Å². The van der Waals surface area contributed by atoms with Crippen molar-refractivity contribution >= 4 is 5.78 Å². The monoisotopic (exact) mass is 383 g/mol. The van der Waals surface area contributed by atoms with Crippen molar-refractivity contribution < 1.29 is 28.8 Å². The van der Waals surface area contributed by atoms with Crippen molar-refractivity contribution in [2.24, 2.45) is 0 Å². The average molecular weight is 383 g/mol. The Kier molecular flexibility index (Phi) is 5.44. The van der Waals surface area contributed by atoms with Gasteiger partial charge >= 0.3 is 0 Å². The predicted octanol–water partition coefficient (Wildman–Crippen LogP) is 3.45. The number of rotatable bonds is 7. The number of ketones is 1. The second-order valence-electron chi connectivity index (χ2n) is 5.91. The lowest BCUT2D eigenvalue weighted by molar-refractivity contribution is 0.103. The first-order chi connectivity index (χ1) is 13.5. The molecule has 0 aliphatic heterocycles. The Balaban J connectivity index is 1.96. The number of nitrogens with zero attached hydrogens (tertiary/aromatic N) is 1. The molecule has 0 bridgehead atoms. The SMILES string of the molecule is COc1ccc(C(=O)c2ccn(-c3cc(OC)c(OC)c(OC)c3)c2)cc1O. The Bertz CT molecular complexity index is 983. The summed E-state index contributed by atoms with van der Waals surface area (Å²) in [5.74, 6) is 1.52. The number of phenolic OH excluding ortho intramolecular Hbond substituents is 1. The minimum Gasteiger partial charge on any atom is -0.504 e. The number of hydrogen-bond acceptors (Lipinski definition) is 6. The molecule has 0 atom stereocenters. The molecule has 0 unspecified atom stereocenters. The van der Waals surface area contributed by atoms with Gasteiger partial charge in [-0.25, -0.2) is 0 Å². The van der Waals surface area contributed by atoms with Crippen LogP contribution < -0.4 is 18.9 Å². The molecule has 0 aliphatic rings. The Hall–Kier alpha value is -3.61. The van der Waals surface area contributed by atoms with Crippen molar-refractivity contribution in [1.29, 1.82) is 0 Å². The summed E-state index contributed by atoms with van der Waals surface area (Å²) in [4.78, 5) is 12.8. The summed E-state index contributed by atoms with van der Waals surface area (Å²) in [6, 6.07) is 9.82. The van der Waals surface area contributed by atoms with Gasteiger partial charge in [0.25, 0.3) is 0 Å². The van der Waals surface area contributed by atoms with Gasteiger partial charge in [0.2, 0.25) is 5.75 Å². The Morgan fingerprint density at radius 3 is 2.00 bits per heavy atom. The minimum absolute atomic E-state index is 0.0857. The molecule has 1 aromatic heterocycles. The lowest BCUT2D eigenvalue weighted by Gasteiger charge is -2.14. The van der Waals surface area contributed by atoms with Crippen LogP contribution in [-0.4, -0.2) is 43.9 Å². The number of phenols is 1. The van der Waals surface area contributed by atoms with E-state index in [9.17, 15) is 9.90 Å². The van der Waals surface area contributed by atoms with Gasteiger partial charge in [-0.15, -0.1) is 0 Å². The van der Waals surface area contributed by atoms with Gasteiger partial charge in [0.15, 0.2) is 28.8 Å². The third-order valence-electron chi connectivity index (χ3n) is 4.34. The zero-order chi connectivity index (χ0) is 20.3. The Morgan fingerprint density at radius 2 is 1.46 bits per heavy atom. The van der Waals surface area contributed by atoms with Gasteiger partial charge in [-0.2, -0.15) is 0 Å². The van der Waals surface area contributed by atoms with Gasteiger partial charge in [-0.05, 0) is 24.3 Å². The van der Waals surface area contributed by atoms with Crippen LogP contribution in [0.1, 0.15) is 15.9 Å². The highest BCUT2D eigenvalue weighted by atomic mass is 16.5. The van der Waals surface area contributed by atoms with Crippen LogP contribution in [0.5, 0.6) is 28.7 Å². The molecule has 28 heavy (non-hydrogen) atoms. The molecule has 0 radical (unpaired) electrons. The summed E-state index contributed by atoms with van der Waals surface area (Å²) < 4.78 is 22.9. The maximum Gasteiger partial charge on any atom is 0.203 e. The number of hydrogen-bond donors (Lipinski definition) is 1. The predicted molar refractivity (Wildman–Crippen MR) is 104 cm³/mol. The summed E-state index contributed by atoms with van der Waals surface area (Å²) in [5.41, 5.74) is 1.57. The van der Waals surface area contributed by atoms with E-state index in [4.69, 9.17) is 18.9 Å². The third-order valence-corrected chi connectivity index (χ3v) is 4.34. The normalized spacial score (nSPS) is 10.4. The topological polar surface area (TPSA) is 79.2 Å². The fraction of sp³-hybridized carbons (Fsp3) is 0.190. The fourth-order valence-corrected chi connectivity index (χ4v) is 2.91. The molecular weight excluding hydrogens is 362 g/mol. The van der Waals surface area contributed by atoms with Crippen molar-refractivity contribution in [2.75, 3.05) is 28.4 Å². The van der Waals surface area contributed by atoms with Crippen molar-refractivity contribution in [3.63, 3.8) is 0 Å². The number of carbonyl (C=O) groups is 1. The van der Waals surface area contributed by atoms with Gasteiger partial charge in [-0.1, -0.05) is 0 Å². The minimum atomic E-state index is -0.218. The second-order valence-corrected chi connectivity index (χ2v) is 5.91. The highest BCUT2D eigenvalue weighted by molar-refractivity contribution is 6.09. The van der Waals surface area contributed by atoms with Gasteiger partial charge in [0, 0.05) is 35.7 Å². The molecule has 1 heterocycles. The first kappa shape index (κ1) is 19.2. The molecule has 0 saturated carbocycles. The molecule has 7 nitrogen and oxygen atoms in total. The number of carbonyl (C=O) groups excluding carboxylic acids is 1. The van der Waals surface area contributed by atoms with Crippen LogP contribution in [0.2, 0.25) is 0 Å². The van der Waals surface area contributed by atoms with E-state index in [0.717, 1.165) is 5.69 Å². The standard InChI is InChI=1S/C21H21NO6/c1-25-17-6-5-13(9-16(17)23)20(24)14-7-8-22(12-14)15-10-18(26-2)21(28-4)19(11-15)27-3/h5-12,23H,1-4H3. The largest absolute Gasteiger partial charge is 0.504 e. The van der Waals surface area contributed by atoms with Crippen LogP contribution in [0, 0.1) is 0 Å². The first-order valence-corrected chi connectivity index (χ1v) is 8.42. The van der Waals surface area contributed by atoms with E-state index in [0.29, 0.717) is 34.1 Å². The van der Waals surface area contributed by atoms with E-state index >= 15 is 0 Å². The number of methoxy groups -OCH3 is 4. The number of benzene rings is 2. The number of aromatic nitrogens is 1. The molecule has 0 spiro atoms. The van der Waals surface area contributed by atoms with E-state index in [1.807, 2.05) is 0 Å². The molecule has 1 N–H and O–H groups in total. The van der Waals surface area contributed by atoms with E-state index < -0.39 is 0 Å². The molecule has 3 rings (SSSR count). The highest BCUT2D eigenvalue weighted by Gasteiger charge is 2.16. The Morgan fingerprint density at radius 1 is 0.821 bits per heavy atom. The van der Waals surface area contributed by atoms with Gasteiger partial charge < -0.3 is 28.6 Å². The number of aromatic hydroxyl groups is 1. The summed E-state index contributed by atoms with van der Waals surface area (Å²) in [6.07, 6.45) is 3.46. The number of ether oxygens (including phenoxy) is 4. The van der Waals surface area contributed by atoms with Gasteiger partial charge in [-0.3, -0.25) is 4.79 Å². The van der Waals surface area contributed by atoms with Crippen LogP contribution in [0.3, 0.4) is 0 Å². The van der Waals surface area contributed by atoms with Crippen molar-refractivity contribution in [3.05, 3.63) is 59.9 Å². The smallest absolute Gasteiger partial charge is 0.203 e. The summed E-state index contributed by atoms with van der Waals surface area (Å²) in [5, 5.41) is 9.91. The van der Waals surface area contributed by atoms with Crippen LogP contribution in [0.15, 0.2) is 48.8 Å². The maximum atomic E-state index is 12.8. The van der Waals surface area contributed by atoms with Gasteiger partial charge in [0.05, 0.1) is 34.1 Å². The van der Waals surface area contributed by atoms with E-state index in [1.165, 1.54) is 20.3 Å². The van der Waals surface area contributed by atoms with E-state index in [-0.39, 0.29) is 11.5 Å². The zero-order valence-corrected chi connectivity index (χ0v) is 16.1. The van der Waals surface area contributed by atoms with Crippen molar-refractivity contribution in [1.82, 2.24) is 4.57 Å². The molecule has 0 fully saturated rings. The molecule has 0 amide bonds. The van der Waals surface area contributed by atoms with Crippen LogP contribution in [0.4, 0.5) is 0 Å². The fourth-order valence-electron chi connectivity index (χ4n) is 2.91. The first-order valence-electron chi connectivity index (χ1n) is 8.42. The zero-order valence-electron chi connectivity index (χ0n) is 16.1. The average Bonchev–Trinajstić information content (AvgIpc) is 3.22. The van der Waals surface area contributed by atoms with Crippen molar-refractivity contribution in [3.8, 4) is 34.4 Å². The van der Waals surface area contributed by atoms with E-state index in [2.05, 4.69) is 0 Å². The van der Waals surface area contributed by atoms with Gasteiger partial charge in [0.1, 0.15) is 0 Å². The van der Waals surface area contributed by atoms with Crippen LogP contribution >= 0.6 is 0 Å². The van der Waals surface area contributed by atoms with Crippen LogP contribution in [0.25, 0.3) is 5.69 Å². The Labute approximate surface area is 162 Å². The second kappa shape index (κ2) is 7.96. The highest BCUT2D eigenvalue weighted by Crippen LogP contribution is 2.39. The maximum absolute atomic E-state index is 12.8. The molecular formula is C21H21NO6. The molecule has 0 aliphatic carbocycles. The quantitative estimate of drug-likeness (QED) is 0.630.